The van der Waals surface area contributed by atoms with E-state index < -0.39 is 22.4 Å². The number of aliphatic hydroxyl groups is 1. The molecule has 0 saturated heterocycles. The Bertz CT molecular complexity index is 1310. The van der Waals surface area contributed by atoms with Crippen molar-refractivity contribution in [3.63, 3.8) is 0 Å². The maximum Gasteiger partial charge on any atom is 0.227 e. The third-order valence-electron chi connectivity index (χ3n) is 6.49. The molecular formula is C28H32ClFN4O2S. The Labute approximate surface area is 225 Å². The van der Waals surface area contributed by atoms with Gasteiger partial charge in [0.15, 0.2) is 0 Å². The first-order valence-electron chi connectivity index (χ1n) is 12.2. The molecule has 37 heavy (non-hydrogen) atoms. The van der Waals surface area contributed by atoms with Gasteiger partial charge in [0.1, 0.15) is 16.5 Å². The van der Waals surface area contributed by atoms with E-state index in [1.807, 2.05) is 43.1 Å². The minimum atomic E-state index is -1.24. The number of fused-ring (bicyclic) bond motifs is 1. The van der Waals surface area contributed by atoms with Crippen molar-refractivity contribution >= 4 is 39.7 Å². The molecule has 3 aromatic rings. The van der Waals surface area contributed by atoms with Crippen molar-refractivity contribution in [2.45, 2.75) is 50.2 Å². The molecule has 0 aliphatic carbocycles. The van der Waals surface area contributed by atoms with E-state index in [2.05, 4.69) is 11.4 Å². The topological polar surface area (TPSA) is 78.3 Å². The molecule has 2 atom stereocenters. The van der Waals surface area contributed by atoms with Crippen molar-refractivity contribution in [1.29, 1.82) is 0 Å². The third kappa shape index (κ3) is 6.37. The lowest BCUT2D eigenvalue weighted by Crippen LogP contribution is -2.35. The molecule has 6 nitrogen and oxygen atoms in total. The zero-order chi connectivity index (χ0) is 26.7. The van der Waals surface area contributed by atoms with Gasteiger partial charge >= 0.3 is 0 Å². The van der Waals surface area contributed by atoms with Crippen LogP contribution in [0, 0.1) is 5.82 Å². The van der Waals surface area contributed by atoms with Gasteiger partial charge < -0.3 is 15.3 Å². The van der Waals surface area contributed by atoms with E-state index in [4.69, 9.17) is 21.6 Å². The number of halogens is 2. The first kappa shape index (κ1) is 27.2. The van der Waals surface area contributed by atoms with Gasteiger partial charge in [0, 0.05) is 30.8 Å². The largest absolute Gasteiger partial charge is 0.388 e. The smallest absolute Gasteiger partial charge is 0.227 e. The highest BCUT2D eigenvalue weighted by Gasteiger charge is 2.33. The first-order valence-corrected chi connectivity index (χ1v) is 13.9. The Hall–Kier alpha value is -2.81. The molecule has 0 spiro atoms. The third-order valence-corrected chi connectivity index (χ3v) is 8.20. The predicted octanol–water partition coefficient (Wildman–Crippen LogP) is 5.79. The fourth-order valence-corrected chi connectivity index (χ4v) is 5.86. The molecule has 0 amide bonds. The van der Waals surface area contributed by atoms with Crippen LogP contribution in [0.15, 0.2) is 59.5 Å². The van der Waals surface area contributed by atoms with Gasteiger partial charge in [-0.15, -0.1) is 0 Å². The summed E-state index contributed by atoms with van der Waals surface area (Å²) < 4.78 is 26.4. The molecule has 1 unspecified atom stereocenters. The Morgan fingerprint density at radius 1 is 1.22 bits per heavy atom. The van der Waals surface area contributed by atoms with Crippen molar-refractivity contribution in [3.05, 3.63) is 82.3 Å². The Morgan fingerprint density at radius 3 is 2.51 bits per heavy atom. The van der Waals surface area contributed by atoms with Crippen molar-refractivity contribution in [3.8, 4) is 0 Å². The monoisotopic (exact) mass is 542 g/mol. The SMILES string of the molecule is C/C=C(\CCN(C)c1nc2c(c(N[C@H](c3ccc(F)cc3)C(C)(C)O)n1)S(=O)CC2)c1ccc(Cl)cc1. The molecule has 1 aliphatic heterocycles. The second kappa shape index (κ2) is 11.3. The number of nitrogens with zero attached hydrogens (tertiary/aromatic N) is 3. The number of rotatable bonds is 9. The van der Waals surface area contributed by atoms with Crippen LogP contribution in [0.4, 0.5) is 16.2 Å². The van der Waals surface area contributed by atoms with Crippen LogP contribution in [0.5, 0.6) is 0 Å². The van der Waals surface area contributed by atoms with Crippen LogP contribution in [0.25, 0.3) is 5.57 Å². The summed E-state index contributed by atoms with van der Waals surface area (Å²) in [7, 11) is 0.690. The van der Waals surface area contributed by atoms with E-state index in [-0.39, 0.29) is 5.82 Å². The molecule has 2 aromatic carbocycles. The number of aromatic nitrogens is 2. The number of allylic oxidation sites excluding steroid dienone is 1. The number of hydrogen-bond donors (Lipinski definition) is 2. The molecule has 2 heterocycles. The van der Waals surface area contributed by atoms with Gasteiger partial charge in [-0.1, -0.05) is 41.9 Å². The zero-order valence-electron chi connectivity index (χ0n) is 21.5. The number of hydrogen-bond acceptors (Lipinski definition) is 6. The minimum absolute atomic E-state index is 0.356. The van der Waals surface area contributed by atoms with Crippen LogP contribution < -0.4 is 10.2 Å². The predicted molar refractivity (Wildman–Crippen MR) is 149 cm³/mol. The second-order valence-corrected chi connectivity index (χ2v) is 11.7. The van der Waals surface area contributed by atoms with Crippen molar-refractivity contribution in [2.24, 2.45) is 0 Å². The molecular weight excluding hydrogens is 511 g/mol. The van der Waals surface area contributed by atoms with E-state index in [0.717, 1.165) is 17.7 Å². The lowest BCUT2D eigenvalue weighted by Gasteiger charge is -2.32. The van der Waals surface area contributed by atoms with Crippen LogP contribution in [-0.2, 0) is 17.2 Å². The highest BCUT2D eigenvalue weighted by Crippen LogP contribution is 2.35. The molecule has 9 heteroatoms. The summed E-state index contributed by atoms with van der Waals surface area (Å²) in [6.07, 6.45) is 3.45. The fourth-order valence-electron chi connectivity index (χ4n) is 4.42. The van der Waals surface area contributed by atoms with Crippen LogP contribution >= 0.6 is 11.6 Å². The molecule has 196 valence electrons. The first-order chi connectivity index (χ1) is 17.6. The standard InChI is InChI=1S/C28H32ClFN4O2S/c1-5-18(19-6-10-21(29)11-7-19)14-16-34(4)27-31-23-15-17-37(36)24(23)26(33-27)32-25(28(2,3)35)20-8-12-22(30)13-9-20/h5-13,25,35H,14-17H2,1-4H3,(H,31,32,33)/b18-5+/t25-,37?/m1/s1. The number of anilines is 2. The summed E-state index contributed by atoms with van der Waals surface area (Å²) >= 11 is 6.04. The van der Waals surface area contributed by atoms with Gasteiger partial charge in [0.05, 0.1) is 28.1 Å². The zero-order valence-corrected chi connectivity index (χ0v) is 23.0. The van der Waals surface area contributed by atoms with Crippen LogP contribution in [0.1, 0.15) is 50.1 Å². The number of nitrogens with one attached hydrogen (secondary N) is 1. The summed E-state index contributed by atoms with van der Waals surface area (Å²) in [5.74, 6) is 1.07. The van der Waals surface area contributed by atoms with Crippen molar-refractivity contribution in [1.82, 2.24) is 9.97 Å². The molecule has 0 bridgehead atoms. The van der Waals surface area contributed by atoms with Gasteiger partial charge in [-0.3, -0.25) is 4.21 Å². The quantitative estimate of drug-likeness (QED) is 0.356. The number of aryl methyl sites for hydroxylation is 1. The van der Waals surface area contributed by atoms with E-state index in [9.17, 15) is 13.7 Å². The normalized spacial score (nSPS) is 16.4. The second-order valence-electron chi connectivity index (χ2n) is 9.72. The summed E-state index contributed by atoms with van der Waals surface area (Å²) in [4.78, 5) is 12.1. The van der Waals surface area contributed by atoms with Crippen molar-refractivity contribution in [2.75, 3.05) is 29.6 Å². The average Bonchev–Trinajstić information content (AvgIpc) is 3.24. The molecule has 0 fully saturated rings. The minimum Gasteiger partial charge on any atom is -0.388 e. The molecule has 4 rings (SSSR count). The number of benzene rings is 2. The Kier molecular flexibility index (Phi) is 8.31. The lowest BCUT2D eigenvalue weighted by atomic mass is 9.92. The summed E-state index contributed by atoms with van der Waals surface area (Å²) in [6.45, 7) is 6.03. The van der Waals surface area contributed by atoms with Crippen LogP contribution in [0.3, 0.4) is 0 Å². The van der Waals surface area contributed by atoms with E-state index >= 15 is 0 Å². The molecule has 1 aromatic heterocycles. The highest BCUT2D eigenvalue weighted by atomic mass is 35.5. The molecule has 0 saturated carbocycles. The lowest BCUT2D eigenvalue weighted by molar-refractivity contribution is 0.0586. The van der Waals surface area contributed by atoms with E-state index in [0.29, 0.717) is 46.0 Å². The van der Waals surface area contributed by atoms with Crippen molar-refractivity contribution < 1.29 is 13.7 Å². The van der Waals surface area contributed by atoms with Gasteiger partial charge in [-0.25, -0.2) is 9.37 Å². The Balaban J connectivity index is 1.62. The van der Waals surface area contributed by atoms with Crippen LogP contribution in [-0.4, -0.2) is 44.2 Å². The molecule has 1 aliphatic rings. The van der Waals surface area contributed by atoms with E-state index in [1.54, 1.807) is 26.0 Å². The highest BCUT2D eigenvalue weighted by molar-refractivity contribution is 7.85. The maximum absolute atomic E-state index is 13.6. The van der Waals surface area contributed by atoms with Gasteiger partial charge in [0.2, 0.25) is 5.95 Å². The average molecular weight is 543 g/mol. The van der Waals surface area contributed by atoms with Gasteiger partial charge in [0.25, 0.3) is 0 Å². The fraction of sp³-hybridized carbons (Fsp3) is 0.357. The molecule has 2 N–H and O–H groups in total. The van der Waals surface area contributed by atoms with E-state index in [1.165, 1.54) is 17.7 Å². The van der Waals surface area contributed by atoms with Crippen LogP contribution in [0.2, 0.25) is 5.02 Å². The molecule has 0 radical (unpaired) electrons. The van der Waals surface area contributed by atoms with Gasteiger partial charge in [-0.05, 0) is 68.2 Å². The van der Waals surface area contributed by atoms with Gasteiger partial charge in [-0.2, -0.15) is 4.98 Å². The summed E-state index contributed by atoms with van der Waals surface area (Å²) in [5, 5.41) is 15.0. The summed E-state index contributed by atoms with van der Waals surface area (Å²) in [6, 6.07) is 13.1. The maximum atomic E-state index is 13.6. The Morgan fingerprint density at radius 2 is 1.89 bits per heavy atom. The summed E-state index contributed by atoms with van der Waals surface area (Å²) in [5.41, 5.74) is 2.53.